The summed E-state index contributed by atoms with van der Waals surface area (Å²) >= 11 is 0. The average molecular weight is 378 g/mol. The summed E-state index contributed by atoms with van der Waals surface area (Å²) in [4.78, 5) is 25.3. The number of morpholine rings is 1. The molecule has 2 fully saturated rings. The minimum Gasteiger partial charge on any atom is -0.481 e. The van der Waals surface area contributed by atoms with Gasteiger partial charge < -0.3 is 19.6 Å². The largest absolute Gasteiger partial charge is 0.481 e. The number of aromatic nitrogens is 2. The van der Waals surface area contributed by atoms with Gasteiger partial charge in [-0.1, -0.05) is 0 Å². The van der Waals surface area contributed by atoms with Crippen molar-refractivity contribution in [2.24, 2.45) is 5.92 Å². The Labute approximate surface area is 160 Å². The third-order valence-electron chi connectivity index (χ3n) is 5.53. The number of nitrogens with zero attached hydrogens (tertiary/aromatic N) is 4. The van der Waals surface area contributed by atoms with Crippen LogP contribution in [0.4, 0.5) is 11.8 Å². The number of hydrogen-bond donors (Lipinski definition) is 3. The molecule has 1 aromatic rings. The second-order valence-corrected chi connectivity index (χ2v) is 7.89. The molecule has 0 radical (unpaired) electrons. The normalized spacial score (nSPS) is 23.5. The number of anilines is 2. The molecule has 150 valence electrons. The van der Waals surface area contributed by atoms with E-state index in [-0.39, 0.29) is 0 Å². The number of hydrogen-bond acceptors (Lipinski definition) is 8. The van der Waals surface area contributed by atoms with E-state index in [4.69, 9.17) is 9.72 Å². The molecule has 1 aromatic heterocycles. The number of hydrazine groups is 1. The number of carboxylic acids is 1. The summed E-state index contributed by atoms with van der Waals surface area (Å²) in [5.74, 6) is 0.859. The highest BCUT2D eigenvalue weighted by Gasteiger charge is 2.35. The topological polar surface area (TPSA) is 103 Å². The van der Waals surface area contributed by atoms with E-state index in [0.717, 1.165) is 13.1 Å². The molecule has 2 aliphatic rings. The fourth-order valence-corrected chi connectivity index (χ4v) is 3.42. The molecule has 0 spiro atoms. The predicted molar refractivity (Wildman–Crippen MR) is 103 cm³/mol. The monoisotopic (exact) mass is 378 g/mol. The Balaban J connectivity index is 1.91. The molecule has 3 rings (SSSR count). The van der Waals surface area contributed by atoms with Crippen LogP contribution in [-0.2, 0) is 14.9 Å². The van der Waals surface area contributed by atoms with Crippen molar-refractivity contribution in [3.05, 3.63) is 11.8 Å². The fourth-order valence-electron chi connectivity index (χ4n) is 3.42. The molecule has 27 heavy (non-hydrogen) atoms. The van der Waals surface area contributed by atoms with Crippen molar-refractivity contribution < 1.29 is 14.6 Å². The fraction of sp³-hybridized carbons (Fsp3) is 0.722. The first kappa shape index (κ1) is 19.8. The van der Waals surface area contributed by atoms with Crippen LogP contribution in [0.1, 0.15) is 26.3 Å². The summed E-state index contributed by atoms with van der Waals surface area (Å²) in [5, 5.41) is 9.69. The van der Waals surface area contributed by atoms with Crippen LogP contribution in [0.15, 0.2) is 6.20 Å². The minimum absolute atomic E-state index is 0.372. The molecule has 0 amide bonds. The zero-order chi connectivity index (χ0) is 19.6. The first-order valence-corrected chi connectivity index (χ1v) is 9.44. The van der Waals surface area contributed by atoms with E-state index in [2.05, 4.69) is 27.7 Å². The molecule has 0 bridgehead atoms. The SMILES string of the molecule is CC1NNCC1CN(C)c1ncc(C(C)(C)C(=O)O)c(N2CCOCC2)n1. The molecule has 3 heterocycles. The van der Waals surface area contributed by atoms with Crippen molar-refractivity contribution in [3.63, 3.8) is 0 Å². The standard InChI is InChI=1S/C18H30N6O3/c1-12-13(9-20-22-12)11-23(4)17-19-10-14(18(2,3)16(25)26)15(21-17)24-5-7-27-8-6-24/h10,12-13,20,22H,5-9,11H2,1-4H3,(H,25,26). The van der Waals surface area contributed by atoms with Gasteiger partial charge in [0.05, 0.1) is 18.6 Å². The van der Waals surface area contributed by atoms with E-state index in [1.165, 1.54) is 0 Å². The molecule has 9 nitrogen and oxygen atoms in total. The van der Waals surface area contributed by atoms with Gasteiger partial charge in [0.2, 0.25) is 5.95 Å². The van der Waals surface area contributed by atoms with Crippen LogP contribution in [0.25, 0.3) is 0 Å². The van der Waals surface area contributed by atoms with Crippen LogP contribution in [-0.4, -0.2) is 73.5 Å². The van der Waals surface area contributed by atoms with Crippen LogP contribution in [0.5, 0.6) is 0 Å². The maximum absolute atomic E-state index is 11.8. The lowest BCUT2D eigenvalue weighted by atomic mass is 9.85. The molecule has 0 aliphatic carbocycles. The Kier molecular flexibility index (Phi) is 5.83. The van der Waals surface area contributed by atoms with E-state index < -0.39 is 11.4 Å². The van der Waals surface area contributed by atoms with Gasteiger partial charge in [-0.05, 0) is 20.8 Å². The number of ether oxygens (including phenoxy) is 1. The smallest absolute Gasteiger partial charge is 0.313 e. The van der Waals surface area contributed by atoms with Gasteiger partial charge in [-0.25, -0.2) is 4.98 Å². The quantitative estimate of drug-likeness (QED) is 0.641. The van der Waals surface area contributed by atoms with E-state index in [0.29, 0.717) is 55.6 Å². The highest BCUT2D eigenvalue weighted by molar-refractivity contribution is 5.82. The summed E-state index contributed by atoms with van der Waals surface area (Å²) in [6.45, 7) is 9.84. The first-order chi connectivity index (χ1) is 12.8. The van der Waals surface area contributed by atoms with Crippen molar-refractivity contribution in [2.45, 2.75) is 32.2 Å². The predicted octanol–water partition coefficient (Wildman–Crippen LogP) is 0.224. The van der Waals surface area contributed by atoms with Crippen LogP contribution in [0.2, 0.25) is 0 Å². The van der Waals surface area contributed by atoms with Crippen LogP contribution < -0.4 is 20.7 Å². The van der Waals surface area contributed by atoms with Gasteiger partial charge >= 0.3 is 5.97 Å². The van der Waals surface area contributed by atoms with Crippen LogP contribution >= 0.6 is 0 Å². The van der Waals surface area contributed by atoms with Crippen molar-refractivity contribution in [3.8, 4) is 0 Å². The van der Waals surface area contributed by atoms with Crippen molar-refractivity contribution >= 4 is 17.7 Å². The van der Waals surface area contributed by atoms with Gasteiger partial charge in [-0.3, -0.25) is 15.6 Å². The second kappa shape index (κ2) is 7.95. The van der Waals surface area contributed by atoms with E-state index in [1.54, 1.807) is 20.0 Å². The Bertz CT molecular complexity index is 677. The average Bonchev–Trinajstić information content (AvgIpc) is 3.06. The lowest BCUT2D eigenvalue weighted by Crippen LogP contribution is -2.40. The third kappa shape index (κ3) is 4.15. The number of nitrogens with one attached hydrogen (secondary N) is 2. The maximum atomic E-state index is 11.8. The lowest BCUT2D eigenvalue weighted by Gasteiger charge is -2.33. The second-order valence-electron chi connectivity index (χ2n) is 7.89. The van der Waals surface area contributed by atoms with Gasteiger partial charge in [0.15, 0.2) is 0 Å². The molecule has 2 saturated heterocycles. The van der Waals surface area contributed by atoms with E-state index >= 15 is 0 Å². The van der Waals surface area contributed by atoms with Gasteiger partial charge in [-0.2, -0.15) is 4.98 Å². The zero-order valence-electron chi connectivity index (χ0n) is 16.5. The lowest BCUT2D eigenvalue weighted by molar-refractivity contribution is -0.142. The van der Waals surface area contributed by atoms with Crippen LogP contribution in [0.3, 0.4) is 0 Å². The Morgan fingerprint density at radius 2 is 2.15 bits per heavy atom. The third-order valence-corrected chi connectivity index (χ3v) is 5.53. The summed E-state index contributed by atoms with van der Waals surface area (Å²) in [7, 11) is 1.98. The molecule has 2 atom stereocenters. The number of carboxylic acid groups (broad SMARTS) is 1. The number of rotatable bonds is 6. The highest BCUT2D eigenvalue weighted by Crippen LogP contribution is 2.32. The molecule has 9 heteroatoms. The molecular formula is C18H30N6O3. The molecule has 0 aromatic carbocycles. The summed E-state index contributed by atoms with van der Waals surface area (Å²) in [5.41, 5.74) is 5.96. The summed E-state index contributed by atoms with van der Waals surface area (Å²) < 4.78 is 5.45. The number of aliphatic carboxylic acids is 1. The Morgan fingerprint density at radius 1 is 1.44 bits per heavy atom. The Morgan fingerprint density at radius 3 is 2.74 bits per heavy atom. The van der Waals surface area contributed by atoms with Gasteiger partial charge in [0, 0.05) is 56.9 Å². The van der Waals surface area contributed by atoms with Gasteiger partial charge in [0.1, 0.15) is 5.82 Å². The first-order valence-electron chi connectivity index (χ1n) is 9.44. The van der Waals surface area contributed by atoms with E-state index in [1.807, 2.05) is 11.9 Å². The maximum Gasteiger partial charge on any atom is 0.313 e. The minimum atomic E-state index is -1.07. The number of carbonyl (C=O) groups is 1. The molecule has 2 aliphatic heterocycles. The van der Waals surface area contributed by atoms with Crippen LogP contribution in [0, 0.1) is 5.92 Å². The molecule has 2 unspecified atom stereocenters. The van der Waals surface area contributed by atoms with Gasteiger partial charge in [0.25, 0.3) is 0 Å². The molecular weight excluding hydrogens is 348 g/mol. The molecule has 3 N–H and O–H groups in total. The summed E-state index contributed by atoms with van der Waals surface area (Å²) in [6.07, 6.45) is 1.67. The van der Waals surface area contributed by atoms with Crippen molar-refractivity contribution in [2.75, 3.05) is 56.2 Å². The summed E-state index contributed by atoms with van der Waals surface area (Å²) in [6, 6.07) is 0.372. The van der Waals surface area contributed by atoms with Gasteiger partial charge in [-0.15, -0.1) is 0 Å². The van der Waals surface area contributed by atoms with Crippen molar-refractivity contribution in [1.29, 1.82) is 0 Å². The van der Waals surface area contributed by atoms with Crippen molar-refractivity contribution in [1.82, 2.24) is 20.8 Å². The molecule has 0 saturated carbocycles. The Hall–Kier alpha value is -1.97. The highest BCUT2D eigenvalue weighted by atomic mass is 16.5. The van der Waals surface area contributed by atoms with E-state index in [9.17, 15) is 9.90 Å². The zero-order valence-corrected chi connectivity index (χ0v) is 16.5.